The van der Waals surface area contributed by atoms with Crippen LogP contribution in [0.2, 0.25) is 5.02 Å². The van der Waals surface area contributed by atoms with Crippen LogP contribution in [0.3, 0.4) is 0 Å². The highest BCUT2D eigenvalue weighted by Crippen LogP contribution is 2.36. The Labute approximate surface area is 131 Å². The van der Waals surface area contributed by atoms with E-state index in [1.54, 1.807) is 0 Å². The number of hydrogen-bond donors (Lipinski definition) is 1. The zero-order chi connectivity index (χ0) is 16.6. The summed E-state index contributed by atoms with van der Waals surface area (Å²) in [4.78, 5) is 17.3. The van der Waals surface area contributed by atoms with Crippen molar-refractivity contribution in [2.24, 2.45) is 0 Å². The van der Waals surface area contributed by atoms with Gasteiger partial charge in [-0.25, -0.2) is 4.79 Å². The molecule has 0 amide bonds. The van der Waals surface area contributed by atoms with E-state index in [4.69, 9.17) is 11.6 Å². The van der Waals surface area contributed by atoms with Crippen molar-refractivity contribution in [3.8, 4) is 22.6 Å². The molecule has 2 heterocycles. The molecule has 23 heavy (non-hydrogen) atoms. The number of aromatic amines is 1. The van der Waals surface area contributed by atoms with Crippen molar-refractivity contribution in [3.63, 3.8) is 0 Å². The molecular weight excluding hydrogens is 335 g/mol. The van der Waals surface area contributed by atoms with Crippen LogP contribution in [0.15, 0.2) is 45.8 Å². The molecule has 3 aromatic rings. The second-order valence-corrected chi connectivity index (χ2v) is 4.97. The van der Waals surface area contributed by atoms with Crippen LogP contribution in [0, 0.1) is 0 Å². The Morgan fingerprint density at radius 2 is 1.96 bits per heavy atom. The Balaban J connectivity index is 2.10. The molecule has 0 radical (unpaired) electrons. The molecule has 0 saturated carbocycles. The number of halogens is 4. The topological polar surface area (TPSA) is 71.8 Å². The lowest BCUT2D eigenvalue weighted by Gasteiger charge is -2.11. The molecule has 3 rings (SSSR count). The predicted octanol–water partition coefficient (Wildman–Crippen LogP) is 3.76. The van der Waals surface area contributed by atoms with Crippen LogP contribution in [0.4, 0.5) is 13.2 Å². The first-order valence-electron chi connectivity index (χ1n) is 6.24. The molecule has 0 bridgehead atoms. The van der Waals surface area contributed by atoms with E-state index in [-0.39, 0.29) is 22.1 Å². The maximum absolute atomic E-state index is 12.8. The number of rotatable bonds is 2. The maximum Gasteiger partial charge on any atom is 0.439 e. The summed E-state index contributed by atoms with van der Waals surface area (Å²) in [6.07, 6.45) is -3.11. The van der Waals surface area contributed by atoms with E-state index in [2.05, 4.69) is 19.6 Å². The van der Waals surface area contributed by atoms with E-state index in [9.17, 15) is 18.0 Å². The third kappa shape index (κ3) is 3.11. The number of pyridine rings is 1. The summed E-state index contributed by atoms with van der Waals surface area (Å²) in [7, 11) is 0. The highest BCUT2D eigenvalue weighted by Gasteiger charge is 2.31. The molecule has 1 N–H and O–H groups in total. The molecule has 0 spiro atoms. The third-order valence-corrected chi connectivity index (χ3v) is 3.38. The SMILES string of the molecule is O=c1[nH]c(-c2cc(-c3cc(C(F)(F)F)ccc3Cl)ccn2)no1. The van der Waals surface area contributed by atoms with Crippen molar-refractivity contribution in [2.75, 3.05) is 0 Å². The summed E-state index contributed by atoms with van der Waals surface area (Å²) in [5.74, 6) is -0.691. The summed E-state index contributed by atoms with van der Waals surface area (Å²) in [6, 6.07) is 5.99. The lowest BCUT2D eigenvalue weighted by Crippen LogP contribution is -2.04. The van der Waals surface area contributed by atoms with E-state index in [1.165, 1.54) is 24.4 Å². The predicted molar refractivity (Wildman–Crippen MR) is 75.8 cm³/mol. The Morgan fingerprint density at radius 1 is 1.17 bits per heavy atom. The van der Waals surface area contributed by atoms with Gasteiger partial charge in [0, 0.05) is 16.8 Å². The number of aromatic nitrogens is 3. The van der Waals surface area contributed by atoms with Gasteiger partial charge in [-0.3, -0.25) is 14.5 Å². The molecule has 0 aliphatic carbocycles. The van der Waals surface area contributed by atoms with Gasteiger partial charge in [0.2, 0.25) is 5.82 Å². The molecule has 0 fully saturated rings. The van der Waals surface area contributed by atoms with Gasteiger partial charge in [-0.05, 0) is 35.9 Å². The van der Waals surface area contributed by atoms with Crippen LogP contribution in [0.5, 0.6) is 0 Å². The van der Waals surface area contributed by atoms with E-state index >= 15 is 0 Å². The van der Waals surface area contributed by atoms with Gasteiger partial charge in [0.05, 0.1) is 5.56 Å². The molecule has 1 aromatic carbocycles. The van der Waals surface area contributed by atoms with Crippen LogP contribution < -0.4 is 5.76 Å². The number of nitrogens with zero attached hydrogens (tertiary/aromatic N) is 2. The Morgan fingerprint density at radius 3 is 2.61 bits per heavy atom. The van der Waals surface area contributed by atoms with Crippen LogP contribution in [0.25, 0.3) is 22.6 Å². The summed E-state index contributed by atoms with van der Waals surface area (Å²) in [5.41, 5.74) is 0.0119. The average Bonchev–Trinajstić information content (AvgIpc) is 2.93. The Hall–Kier alpha value is -2.61. The van der Waals surface area contributed by atoms with Gasteiger partial charge >= 0.3 is 11.9 Å². The first-order chi connectivity index (χ1) is 10.8. The van der Waals surface area contributed by atoms with Gasteiger partial charge in [-0.2, -0.15) is 13.2 Å². The van der Waals surface area contributed by atoms with E-state index in [1.807, 2.05) is 0 Å². The van der Waals surface area contributed by atoms with Gasteiger partial charge < -0.3 is 0 Å². The monoisotopic (exact) mass is 341 g/mol. The number of alkyl halides is 3. The smallest absolute Gasteiger partial charge is 0.296 e. The molecule has 0 saturated heterocycles. The second kappa shape index (κ2) is 5.54. The highest BCUT2D eigenvalue weighted by atomic mass is 35.5. The zero-order valence-electron chi connectivity index (χ0n) is 11.2. The Kier molecular flexibility index (Phi) is 3.69. The fraction of sp³-hybridized carbons (Fsp3) is 0.0714. The molecule has 9 heteroatoms. The van der Waals surface area contributed by atoms with Crippen LogP contribution in [-0.2, 0) is 6.18 Å². The summed E-state index contributed by atoms with van der Waals surface area (Å²) in [6.45, 7) is 0. The van der Waals surface area contributed by atoms with Gasteiger partial charge in [0.1, 0.15) is 5.69 Å². The lowest BCUT2D eigenvalue weighted by molar-refractivity contribution is -0.137. The zero-order valence-corrected chi connectivity index (χ0v) is 11.9. The molecule has 0 aliphatic heterocycles. The van der Waals surface area contributed by atoms with Crippen molar-refractivity contribution in [3.05, 3.63) is 57.7 Å². The fourth-order valence-electron chi connectivity index (χ4n) is 1.99. The summed E-state index contributed by atoms with van der Waals surface area (Å²) < 4.78 is 42.9. The van der Waals surface area contributed by atoms with Gasteiger partial charge in [0.25, 0.3) is 0 Å². The fourth-order valence-corrected chi connectivity index (χ4v) is 2.22. The van der Waals surface area contributed by atoms with Crippen molar-refractivity contribution < 1.29 is 17.7 Å². The quantitative estimate of drug-likeness (QED) is 0.770. The maximum atomic E-state index is 12.8. The van der Waals surface area contributed by atoms with Crippen LogP contribution in [-0.4, -0.2) is 15.1 Å². The third-order valence-electron chi connectivity index (χ3n) is 3.05. The van der Waals surface area contributed by atoms with E-state index < -0.39 is 17.5 Å². The minimum atomic E-state index is -4.48. The number of hydrogen-bond acceptors (Lipinski definition) is 4. The van der Waals surface area contributed by atoms with Crippen molar-refractivity contribution in [2.45, 2.75) is 6.18 Å². The Bertz CT molecular complexity index is 918. The van der Waals surface area contributed by atoms with Crippen molar-refractivity contribution in [1.29, 1.82) is 0 Å². The molecular formula is C14H7ClF3N3O2. The lowest BCUT2D eigenvalue weighted by atomic mass is 10.0. The first kappa shape index (κ1) is 15.3. The van der Waals surface area contributed by atoms with Gasteiger partial charge in [0.15, 0.2) is 0 Å². The standard InChI is InChI=1S/C14H7ClF3N3O2/c15-10-2-1-8(14(16,17)18)6-9(10)7-3-4-19-11(5-7)12-20-13(22)23-21-12/h1-6H,(H,20,21,22). The number of nitrogens with one attached hydrogen (secondary N) is 1. The first-order valence-corrected chi connectivity index (χ1v) is 6.62. The molecule has 5 nitrogen and oxygen atoms in total. The molecule has 118 valence electrons. The summed E-state index contributed by atoms with van der Waals surface area (Å²) in [5, 5.41) is 3.64. The average molecular weight is 342 g/mol. The van der Waals surface area contributed by atoms with Crippen molar-refractivity contribution in [1.82, 2.24) is 15.1 Å². The molecule has 0 aliphatic rings. The van der Waals surface area contributed by atoms with Crippen molar-refractivity contribution >= 4 is 11.6 Å². The normalized spacial score (nSPS) is 11.7. The van der Waals surface area contributed by atoms with Gasteiger partial charge in [-0.1, -0.05) is 16.8 Å². The minimum absolute atomic E-state index is 0.0694. The molecule has 0 unspecified atom stereocenters. The van der Waals surface area contributed by atoms with Crippen LogP contribution in [0.1, 0.15) is 5.56 Å². The number of benzene rings is 1. The van der Waals surface area contributed by atoms with Crippen LogP contribution >= 0.6 is 11.6 Å². The highest BCUT2D eigenvalue weighted by molar-refractivity contribution is 6.33. The van der Waals surface area contributed by atoms with E-state index in [0.717, 1.165) is 12.1 Å². The molecule has 2 aromatic heterocycles. The van der Waals surface area contributed by atoms with E-state index in [0.29, 0.717) is 5.56 Å². The number of H-pyrrole nitrogens is 1. The second-order valence-electron chi connectivity index (χ2n) is 4.57. The van der Waals surface area contributed by atoms with Gasteiger partial charge in [-0.15, -0.1) is 0 Å². The largest absolute Gasteiger partial charge is 0.439 e. The summed E-state index contributed by atoms with van der Waals surface area (Å²) >= 11 is 6.00. The minimum Gasteiger partial charge on any atom is -0.296 e. The molecule has 0 atom stereocenters.